The molecule has 0 spiro atoms. The van der Waals surface area contributed by atoms with E-state index in [2.05, 4.69) is 0 Å². The first-order valence-electron chi connectivity index (χ1n) is 9.12. The summed E-state index contributed by atoms with van der Waals surface area (Å²) in [7, 11) is 1.66. The molecule has 2 N–H and O–H groups in total. The van der Waals surface area contributed by atoms with Crippen LogP contribution in [0.1, 0.15) is 44.9 Å². The Morgan fingerprint density at radius 2 is 1.75 bits per heavy atom. The van der Waals surface area contributed by atoms with Gasteiger partial charge in [-0.3, -0.25) is 14.4 Å². The van der Waals surface area contributed by atoms with E-state index in [9.17, 15) is 14.4 Å². The van der Waals surface area contributed by atoms with Crippen LogP contribution >= 0.6 is 0 Å². The zero-order valence-electron chi connectivity index (χ0n) is 16.1. The minimum Gasteiger partial charge on any atom is -0.494 e. The summed E-state index contributed by atoms with van der Waals surface area (Å²) in [5, 5.41) is 0. The van der Waals surface area contributed by atoms with Crippen molar-refractivity contribution in [2.75, 3.05) is 25.1 Å². The van der Waals surface area contributed by atoms with Crippen molar-refractivity contribution in [3.05, 3.63) is 59.2 Å². The van der Waals surface area contributed by atoms with Gasteiger partial charge < -0.3 is 15.4 Å². The van der Waals surface area contributed by atoms with Gasteiger partial charge in [0.05, 0.1) is 23.4 Å². The van der Waals surface area contributed by atoms with E-state index in [0.29, 0.717) is 30.2 Å². The van der Waals surface area contributed by atoms with Gasteiger partial charge in [0.1, 0.15) is 5.75 Å². The molecule has 0 radical (unpaired) electrons. The van der Waals surface area contributed by atoms with E-state index in [1.165, 1.54) is 17.0 Å². The number of carbonyl (C=O) groups excluding carboxylic acids is 3. The second kappa shape index (κ2) is 7.82. The number of likely N-dealkylation sites (N-methyl/N-ethyl adjacent to an activating group) is 1. The lowest BCUT2D eigenvalue weighted by molar-refractivity contribution is 0.0748. The first kappa shape index (κ1) is 19.6. The summed E-state index contributed by atoms with van der Waals surface area (Å²) in [6, 6.07) is 11.2. The van der Waals surface area contributed by atoms with Crippen molar-refractivity contribution >= 4 is 23.4 Å². The summed E-state index contributed by atoms with van der Waals surface area (Å²) < 4.78 is 5.39. The van der Waals surface area contributed by atoms with E-state index in [0.717, 1.165) is 4.90 Å². The molecular formula is C21H23N3O4. The van der Waals surface area contributed by atoms with Crippen molar-refractivity contribution in [2.24, 2.45) is 5.73 Å². The number of nitrogens with two attached hydrogens (primary N) is 1. The molecule has 1 heterocycles. The van der Waals surface area contributed by atoms with Gasteiger partial charge in [-0.1, -0.05) is 0 Å². The monoisotopic (exact) mass is 381 g/mol. The summed E-state index contributed by atoms with van der Waals surface area (Å²) >= 11 is 0. The number of benzene rings is 2. The maximum absolute atomic E-state index is 12.9. The van der Waals surface area contributed by atoms with Crippen LogP contribution in [0.3, 0.4) is 0 Å². The molecule has 28 heavy (non-hydrogen) atoms. The number of nitrogens with zero attached hydrogens (tertiary/aromatic N) is 2. The summed E-state index contributed by atoms with van der Waals surface area (Å²) in [5.41, 5.74) is 6.93. The fourth-order valence-corrected chi connectivity index (χ4v) is 3.03. The van der Waals surface area contributed by atoms with Crippen LogP contribution in [-0.2, 0) is 0 Å². The first-order valence-corrected chi connectivity index (χ1v) is 9.12. The molecule has 0 fully saturated rings. The molecule has 1 aliphatic heterocycles. The van der Waals surface area contributed by atoms with Crippen LogP contribution < -0.4 is 15.4 Å². The predicted molar refractivity (Wildman–Crippen MR) is 106 cm³/mol. The first-order chi connectivity index (χ1) is 13.4. The summed E-state index contributed by atoms with van der Waals surface area (Å²) in [6.45, 7) is 4.58. The molecule has 0 saturated carbocycles. The molecule has 1 aliphatic rings. The third-order valence-corrected chi connectivity index (χ3v) is 4.86. The van der Waals surface area contributed by atoms with E-state index in [-0.39, 0.29) is 23.1 Å². The van der Waals surface area contributed by atoms with E-state index in [1.54, 1.807) is 37.4 Å². The lowest BCUT2D eigenvalue weighted by Crippen LogP contribution is -2.39. The molecule has 1 atom stereocenters. The second-order valence-corrected chi connectivity index (χ2v) is 6.63. The number of rotatable bonds is 6. The van der Waals surface area contributed by atoms with Gasteiger partial charge in [0.15, 0.2) is 0 Å². The van der Waals surface area contributed by atoms with Crippen molar-refractivity contribution in [3.8, 4) is 5.75 Å². The summed E-state index contributed by atoms with van der Waals surface area (Å²) in [4.78, 5) is 40.9. The average Bonchev–Trinajstić information content (AvgIpc) is 2.97. The van der Waals surface area contributed by atoms with Crippen LogP contribution in [0.2, 0.25) is 0 Å². The van der Waals surface area contributed by atoms with Gasteiger partial charge in [0, 0.05) is 25.2 Å². The van der Waals surface area contributed by atoms with Gasteiger partial charge in [-0.15, -0.1) is 0 Å². The number of hydrogen-bond acceptors (Lipinski definition) is 5. The smallest absolute Gasteiger partial charge is 0.266 e. The van der Waals surface area contributed by atoms with Crippen molar-refractivity contribution in [1.82, 2.24) is 4.90 Å². The highest BCUT2D eigenvalue weighted by Crippen LogP contribution is 2.30. The Labute approximate surface area is 163 Å². The van der Waals surface area contributed by atoms with Crippen LogP contribution in [0.5, 0.6) is 5.75 Å². The largest absolute Gasteiger partial charge is 0.494 e. The van der Waals surface area contributed by atoms with Gasteiger partial charge in [-0.25, -0.2) is 4.90 Å². The zero-order valence-corrected chi connectivity index (χ0v) is 16.1. The molecule has 0 aromatic heterocycles. The van der Waals surface area contributed by atoms with Crippen molar-refractivity contribution in [1.29, 1.82) is 0 Å². The van der Waals surface area contributed by atoms with Gasteiger partial charge in [-0.2, -0.15) is 0 Å². The van der Waals surface area contributed by atoms with E-state index < -0.39 is 11.8 Å². The van der Waals surface area contributed by atoms with Gasteiger partial charge in [0.25, 0.3) is 17.7 Å². The van der Waals surface area contributed by atoms with Gasteiger partial charge in [-0.05, 0) is 56.3 Å². The number of anilines is 1. The second-order valence-electron chi connectivity index (χ2n) is 6.63. The van der Waals surface area contributed by atoms with E-state index in [1.807, 2.05) is 13.8 Å². The quantitative estimate of drug-likeness (QED) is 0.775. The van der Waals surface area contributed by atoms with E-state index in [4.69, 9.17) is 10.5 Å². The molecule has 7 heteroatoms. The Bertz CT molecular complexity index is 924. The highest BCUT2D eigenvalue weighted by Gasteiger charge is 2.37. The van der Waals surface area contributed by atoms with Gasteiger partial charge >= 0.3 is 0 Å². The van der Waals surface area contributed by atoms with Crippen molar-refractivity contribution in [3.63, 3.8) is 0 Å². The lowest BCUT2D eigenvalue weighted by atomic mass is 10.0. The van der Waals surface area contributed by atoms with E-state index >= 15 is 0 Å². The number of imide groups is 1. The molecule has 0 saturated heterocycles. The molecule has 3 rings (SSSR count). The molecule has 7 nitrogen and oxygen atoms in total. The number of ether oxygens (including phenoxy) is 1. The normalized spacial score (nSPS) is 14.1. The molecule has 146 valence electrons. The topological polar surface area (TPSA) is 92.9 Å². The Hall–Kier alpha value is -3.19. The predicted octanol–water partition coefficient (Wildman–Crippen LogP) is 2.31. The number of fused-ring (bicyclic) bond motifs is 1. The highest BCUT2D eigenvalue weighted by molar-refractivity contribution is 6.34. The molecule has 0 aliphatic carbocycles. The Morgan fingerprint density at radius 1 is 1.11 bits per heavy atom. The summed E-state index contributed by atoms with van der Waals surface area (Å²) in [5.74, 6) is -0.450. The molecule has 2 aromatic carbocycles. The number of hydrogen-bond donors (Lipinski definition) is 1. The fourth-order valence-electron chi connectivity index (χ4n) is 3.03. The number of amides is 3. The molecule has 1 unspecified atom stereocenters. The lowest BCUT2D eigenvalue weighted by Gasteiger charge is -2.23. The minimum atomic E-state index is -0.451. The van der Waals surface area contributed by atoms with Crippen LogP contribution in [0.4, 0.5) is 5.69 Å². The Balaban J connectivity index is 1.90. The van der Waals surface area contributed by atoms with Crippen LogP contribution in [-0.4, -0.2) is 48.9 Å². The third kappa shape index (κ3) is 3.36. The van der Waals surface area contributed by atoms with Crippen molar-refractivity contribution < 1.29 is 19.1 Å². The zero-order chi connectivity index (χ0) is 20.4. The molecule has 0 bridgehead atoms. The maximum Gasteiger partial charge on any atom is 0.266 e. The highest BCUT2D eigenvalue weighted by atomic mass is 16.5. The van der Waals surface area contributed by atoms with Crippen LogP contribution in [0, 0.1) is 0 Å². The maximum atomic E-state index is 12.9. The molecule has 3 amide bonds. The molecule has 2 aromatic rings. The van der Waals surface area contributed by atoms with Crippen LogP contribution in [0.25, 0.3) is 0 Å². The van der Waals surface area contributed by atoms with Crippen LogP contribution in [0.15, 0.2) is 42.5 Å². The third-order valence-electron chi connectivity index (χ3n) is 4.86. The van der Waals surface area contributed by atoms with Gasteiger partial charge in [0.2, 0.25) is 0 Å². The fraction of sp³-hybridized carbons (Fsp3) is 0.286. The standard InChI is InChI=1S/C21H23N3O4/c1-4-28-16-8-6-15(7-9-16)24-20(26)17-10-5-14(11-18(17)21(24)27)19(25)23(3)13(2)12-22/h5-11,13H,4,12,22H2,1-3H3. The number of carbonyl (C=O) groups is 3. The molecular weight excluding hydrogens is 358 g/mol. The van der Waals surface area contributed by atoms with Crippen molar-refractivity contribution in [2.45, 2.75) is 19.9 Å². The Morgan fingerprint density at radius 3 is 2.36 bits per heavy atom. The summed E-state index contributed by atoms with van der Waals surface area (Å²) in [6.07, 6.45) is 0. The SMILES string of the molecule is CCOc1ccc(N2C(=O)c3ccc(C(=O)N(C)C(C)CN)cc3C2=O)cc1. The Kier molecular flexibility index (Phi) is 5.46. The minimum absolute atomic E-state index is 0.140. The average molecular weight is 381 g/mol.